The first kappa shape index (κ1) is 10.4. The topological polar surface area (TPSA) is 35.5 Å². The molecule has 1 aliphatic heterocycles. The molecule has 1 heterocycles. The summed E-state index contributed by atoms with van der Waals surface area (Å²) >= 11 is 0. The summed E-state index contributed by atoms with van der Waals surface area (Å²) in [7, 11) is 0. The van der Waals surface area contributed by atoms with Crippen LogP contribution in [0.5, 0.6) is 0 Å². The molecule has 3 aliphatic rings. The number of ether oxygens (including phenoxy) is 2. The van der Waals surface area contributed by atoms with E-state index in [1.165, 1.54) is 0 Å². The molecule has 1 saturated heterocycles. The van der Waals surface area contributed by atoms with Crippen molar-refractivity contribution >= 4 is 6.29 Å². The molecule has 0 aromatic heterocycles. The van der Waals surface area contributed by atoms with Gasteiger partial charge in [-0.15, -0.1) is 0 Å². The maximum absolute atomic E-state index is 13.8. The molecule has 3 rings (SSSR count). The second kappa shape index (κ2) is 3.37. The van der Waals surface area contributed by atoms with Gasteiger partial charge in [-0.1, -0.05) is 6.08 Å². The normalized spacial score (nSPS) is 50.8. The third-order valence-electron chi connectivity index (χ3n) is 4.22. The summed E-state index contributed by atoms with van der Waals surface area (Å²) in [5, 5.41) is 0. The van der Waals surface area contributed by atoms with Gasteiger partial charge in [-0.3, -0.25) is 4.79 Å². The number of rotatable bonds is 1. The van der Waals surface area contributed by atoms with E-state index in [0.29, 0.717) is 6.29 Å². The Morgan fingerprint density at radius 3 is 3.19 bits per heavy atom. The van der Waals surface area contributed by atoms with Crippen LogP contribution in [0.3, 0.4) is 0 Å². The molecule has 2 unspecified atom stereocenters. The number of halogens is 1. The Balaban J connectivity index is 1.92. The molecule has 16 heavy (non-hydrogen) atoms. The Bertz CT molecular complexity index is 354. The lowest BCUT2D eigenvalue weighted by molar-refractivity contribution is -0.302. The van der Waals surface area contributed by atoms with E-state index < -0.39 is 6.17 Å². The van der Waals surface area contributed by atoms with Crippen LogP contribution in [-0.2, 0) is 14.3 Å². The predicted octanol–water partition coefficient (Wildman–Crippen LogP) is 1.62. The van der Waals surface area contributed by atoms with Crippen molar-refractivity contribution in [2.24, 2.45) is 11.8 Å². The van der Waals surface area contributed by atoms with Gasteiger partial charge in [0.05, 0.1) is 11.7 Å². The maximum Gasteiger partial charge on any atom is 0.148 e. The van der Waals surface area contributed by atoms with E-state index in [1.807, 2.05) is 0 Å². The Hall–Kier alpha value is -0.740. The van der Waals surface area contributed by atoms with Crippen molar-refractivity contribution in [1.29, 1.82) is 0 Å². The average molecular weight is 226 g/mol. The van der Waals surface area contributed by atoms with E-state index in [9.17, 15) is 9.18 Å². The van der Waals surface area contributed by atoms with Crippen molar-refractivity contribution < 1.29 is 18.7 Å². The lowest BCUT2D eigenvalue weighted by Gasteiger charge is -2.57. The first-order chi connectivity index (χ1) is 7.64. The zero-order valence-corrected chi connectivity index (χ0v) is 9.19. The van der Waals surface area contributed by atoms with Gasteiger partial charge in [-0.05, 0) is 19.3 Å². The maximum atomic E-state index is 13.8. The number of hydrogen-bond acceptors (Lipinski definition) is 3. The Morgan fingerprint density at radius 2 is 2.44 bits per heavy atom. The van der Waals surface area contributed by atoms with Crippen molar-refractivity contribution in [3.05, 3.63) is 11.6 Å². The SMILES string of the molecule is CC12C[C@@H]3C=C(C=O)[C@H](F)C[C@H](OCO1)C32. The van der Waals surface area contributed by atoms with Gasteiger partial charge in [0.1, 0.15) is 19.3 Å². The molecule has 2 aliphatic carbocycles. The van der Waals surface area contributed by atoms with Crippen LogP contribution in [0.2, 0.25) is 0 Å². The van der Waals surface area contributed by atoms with E-state index in [4.69, 9.17) is 9.47 Å². The van der Waals surface area contributed by atoms with Crippen molar-refractivity contribution in [2.75, 3.05) is 6.79 Å². The second-order valence-electron chi connectivity index (χ2n) is 5.16. The number of allylic oxidation sites excluding steroid dienone is 2. The number of alkyl halides is 1. The molecule has 0 N–H and O–H groups in total. The zero-order valence-electron chi connectivity index (χ0n) is 9.19. The standard InChI is InChI=1S/C12H15FO3/c1-12-4-7-2-8(5-14)9(13)3-10(11(7)12)15-6-16-12/h2,5,7,9-11H,3-4,6H2,1H3/t7-,9+,10-,11?,12?/m0/s1. The summed E-state index contributed by atoms with van der Waals surface area (Å²) in [6.45, 7) is 2.30. The molecule has 5 atom stereocenters. The summed E-state index contributed by atoms with van der Waals surface area (Å²) in [4.78, 5) is 10.8. The van der Waals surface area contributed by atoms with Gasteiger partial charge in [0.2, 0.25) is 0 Å². The number of aldehydes is 1. The van der Waals surface area contributed by atoms with Gasteiger partial charge >= 0.3 is 0 Å². The Morgan fingerprint density at radius 1 is 1.62 bits per heavy atom. The number of carbonyl (C=O) groups excluding carboxylic acids is 1. The molecule has 1 saturated carbocycles. The molecule has 88 valence electrons. The highest BCUT2D eigenvalue weighted by Gasteiger charge is 2.58. The van der Waals surface area contributed by atoms with Gasteiger partial charge in [-0.2, -0.15) is 0 Å². The van der Waals surface area contributed by atoms with Crippen LogP contribution in [0.1, 0.15) is 19.8 Å². The molecular weight excluding hydrogens is 211 g/mol. The summed E-state index contributed by atoms with van der Waals surface area (Å²) in [5.41, 5.74) is 0.104. The highest BCUT2D eigenvalue weighted by Crippen LogP contribution is 2.54. The van der Waals surface area contributed by atoms with Gasteiger partial charge < -0.3 is 9.47 Å². The van der Waals surface area contributed by atoms with Crippen LogP contribution in [0.15, 0.2) is 11.6 Å². The second-order valence-corrected chi connectivity index (χ2v) is 5.16. The van der Waals surface area contributed by atoms with Crippen LogP contribution in [0.4, 0.5) is 4.39 Å². The minimum Gasteiger partial charge on any atom is -0.352 e. The van der Waals surface area contributed by atoms with Gasteiger partial charge in [0, 0.05) is 17.9 Å². The summed E-state index contributed by atoms with van der Waals surface area (Å²) in [6.07, 6.45) is 2.27. The van der Waals surface area contributed by atoms with Crippen molar-refractivity contribution in [2.45, 2.75) is 37.6 Å². The molecule has 0 amide bonds. The fourth-order valence-corrected chi connectivity index (χ4v) is 3.39. The minimum atomic E-state index is -1.18. The lowest BCUT2D eigenvalue weighted by atomic mass is 9.59. The van der Waals surface area contributed by atoms with Crippen molar-refractivity contribution in [3.63, 3.8) is 0 Å². The smallest absolute Gasteiger partial charge is 0.148 e. The Labute approximate surface area is 93.6 Å². The Kier molecular flexibility index (Phi) is 2.20. The molecule has 0 spiro atoms. The van der Waals surface area contributed by atoms with E-state index in [0.717, 1.165) is 6.42 Å². The van der Waals surface area contributed by atoms with Crippen molar-refractivity contribution in [1.82, 2.24) is 0 Å². The molecule has 0 bridgehead atoms. The molecule has 4 heteroatoms. The van der Waals surface area contributed by atoms with E-state index in [2.05, 4.69) is 6.92 Å². The first-order valence-corrected chi connectivity index (χ1v) is 5.70. The quantitative estimate of drug-likeness (QED) is 0.637. The average Bonchev–Trinajstić information content (AvgIpc) is 2.33. The number of hydrogen-bond donors (Lipinski definition) is 0. The predicted molar refractivity (Wildman–Crippen MR) is 54.5 cm³/mol. The summed E-state index contributed by atoms with van der Waals surface area (Å²) in [6, 6.07) is 0. The minimum absolute atomic E-state index is 0.110. The van der Waals surface area contributed by atoms with Crippen LogP contribution in [0, 0.1) is 11.8 Å². The van der Waals surface area contributed by atoms with Crippen LogP contribution in [-0.4, -0.2) is 31.0 Å². The van der Waals surface area contributed by atoms with E-state index in [-0.39, 0.29) is 42.3 Å². The molecule has 0 radical (unpaired) electrons. The largest absolute Gasteiger partial charge is 0.352 e. The van der Waals surface area contributed by atoms with Gasteiger partial charge in [-0.25, -0.2) is 4.39 Å². The van der Waals surface area contributed by atoms with Gasteiger partial charge in [0.25, 0.3) is 0 Å². The molecule has 2 fully saturated rings. The molecule has 0 aromatic carbocycles. The highest BCUT2D eigenvalue weighted by molar-refractivity contribution is 5.75. The summed E-state index contributed by atoms with van der Waals surface area (Å²) < 4.78 is 24.9. The zero-order chi connectivity index (χ0) is 11.3. The highest BCUT2D eigenvalue weighted by atomic mass is 19.1. The fraction of sp³-hybridized carbons (Fsp3) is 0.750. The number of carbonyl (C=O) groups is 1. The van der Waals surface area contributed by atoms with Crippen LogP contribution >= 0.6 is 0 Å². The van der Waals surface area contributed by atoms with Crippen LogP contribution < -0.4 is 0 Å². The lowest BCUT2D eigenvalue weighted by Crippen LogP contribution is -2.61. The van der Waals surface area contributed by atoms with Crippen LogP contribution in [0.25, 0.3) is 0 Å². The molecule has 0 aromatic rings. The fourth-order valence-electron chi connectivity index (χ4n) is 3.39. The summed E-state index contributed by atoms with van der Waals surface area (Å²) in [5.74, 6) is 0.438. The third kappa shape index (κ3) is 1.29. The monoisotopic (exact) mass is 226 g/mol. The third-order valence-corrected chi connectivity index (χ3v) is 4.22. The molecule has 3 nitrogen and oxygen atoms in total. The van der Waals surface area contributed by atoms with E-state index in [1.54, 1.807) is 6.08 Å². The van der Waals surface area contributed by atoms with E-state index >= 15 is 0 Å². The first-order valence-electron chi connectivity index (χ1n) is 5.70. The van der Waals surface area contributed by atoms with Gasteiger partial charge in [0.15, 0.2) is 0 Å². The molecular formula is C12H15FO3. The van der Waals surface area contributed by atoms with Crippen molar-refractivity contribution in [3.8, 4) is 0 Å².